The van der Waals surface area contributed by atoms with Gasteiger partial charge in [-0.25, -0.2) is 0 Å². The van der Waals surface area contributed by atoms with Gasteiger partial charge in [-0.2, -0.15) is 0 Å². The summed E-state index contributed by atoms with van der Waals surface area (Å²) in [4.78, 5) is 12.4. The molecule has 0 radical (unpaired) electrons. The van der Waals surface area contributed by atoms with Gasteiger partial charge in [0.15, 0.2) is 16.5 Å². The molecule has 0 saturated heterocycles. The lowest BCUT2D eigenvalue weighted by atomic mass is 10.2. The van der Waals surface area contributed by atoms with E-state index in [1.165, 1.54) is 0 Å². The van der Waals surface area contributed by atoms with Crippen LogP contribution in [-0.4, -0.2) is 29.3 Å². The van der Waals surface area contributed by atoms with Crippen molar-refractivity contribution in [2.24, 2.45) is 0 Å². The number of aromatic nitrogens is 2. The maximum absolute atomic E-state index is 12.4. The van der Waals surface area contributed by atoms with Crippen molar-refractivity contribution >= 4 is 57.2 Å². The zero-order valence-corrected chi connectivity index (χ0v) is 18.7. The van der Waals surface area contributed by atoms with Gasteiger partial charge in [0, 0.05) is 10.7 Å². The molecule has 3 rings (SSSR count). The molecule has 0 fully saturated rings. The van der Waals surface area contributed by atoms with Gasteiger partial charge in [0.05, 0.1) is 11.6 Å². The van der Waals surface area contributed by atoms with Gasteiger partial charge in [-0.05, 0) is 55.0 Å². The van der Waals surface area contributed by atoms with Gasteiger partial charge in [-0.1, -0.05) is 46.5 Å². The Hall–Kier alpha value is -3.05. The van der Waals surface area contributed by atoms with Crippen LogP contribution in [0.5, 0.6) is 11.5 Å². The van der Waals surface area contributed by atoms with Gasteiger partial charge in [0.1, 0.15) is 6.61 Å². The summed E-state index contributed by atoms with van der Waals surface area (Å²) in [6, 6.07) is 12.1. The van der Waals surface area contributed by atoms with Crippen molar-refractivity contribution in [3.05, 3.63) is 63.1 Å². The summed E-state index contributed by atoms with van der Waals surface area (Å²) >= 11 is 13.3. The number of halogens is 2. The highest BCUT2D eigenvalue weighted by Crippen LogP contribution is 2.32. The molecule has 0 aliphatic carbocycles. The standard InChI is InChI=1S/C22H17Cl2N3O3S/c1-3-11-30-18-10-5-14(13-19(18)29-4-2)12-17(24)21-26-27-22(31-21)20(28)25-16-8-6-15(23)7-9-16/h1,5-10,12-13H,4,11H2,2H3,(H,25,28)/b17-12-. The lowest BCUT2D eigenvalue weighted by Gasteiger charge is -2.11. The SMILES string of the molecule is C#CCOc1ccc(/C=C(\Cl)c2nnc(C(=O)Nc3ccc(Cl)cc3)s2)cc1OCC. The number of ether oxygens (including phenoxy) is 2. The number of carbonyl (C=O) groups is 1. The first kappa shape index (κ1) is 22.6. The third-order valence-corrected chi connectivity index (χ3v) is 5.41. The molecule has 0 atom stereocenters. The van der Waals surface area contributed by atoms with Crippen molar-refractivity contribution in [3.63, 3.8) is 0 Å². The molecule has 0 bridgehead atoms. The Morgan fingerprint density at radius 2 is 1.90 bits per heavy atom. The highest BCUT2D eigenvalue weighted by Gasteiger charge is 2.15. The number of amides is 1. The number of hydrogen-bond donors (Lipinski definition) is 1. The Kier molecular flexibility index (Phi) is 7.90. The minimum atomic E-state index is -0.385. The number of terminal acetylenes is 1. The number of carbonyl (C=O) groups excluding carboxylic acids is 1. The van der Waals surface area contributed by atoms with Crippen molar-refractivity contribution < 1.29 is 14.3 Å². The molecule has 31 heavy (non-hydrogen) atoms. The molecule has 1 aromatic heterocycles. The molecule has 0 aliphatic rings. The fourth-order valence-corrected chi connectivity index (χ4v) is 3.51. The van der Waals surface area contributed by atoms with E-state index < -0.39 is 0 Å². The molecule has 6 nitrogen and oxygen atoms in total. The van der Waals surface area contributed by atoms with Crippen molar-refractivity contribution in [1.29, 1.82) is 0 Å². The average Bonchev–Trinajstić information content (AvgIpc) is 3.26. The highest BCUT2D eigenvalue weighted by atomic mass is 35.5. The van der Waals surface area contributed by atoms with Crippen molar-refractivity contribution in [3.8, 4) is 23.8 Å². The van der Waals surface area contributed by atoms with E-state index >= 15 is 0 Å². The van der Waals surface area contributed by atoms with E-state index in [0.29, 0.717) is 38.9 Å². The number of hydrogen-bond acceptors (Lipinski definition) is 6. The second-order valence-electron chi connectivity index (χ2n) is 6.00. The van der Waals surface area contributed by atoms with Crippen LogP contribution in [0.4, 0.5) is 5.69 Å². The van der Waals surface area contributed by atoms with Crippen LogP contribution >= 0.6 is 34.5 Å². The summed E-state index contributed by atoms with van der Waals surface area (Å²) in [5, 5.41) is 12.2. The molecule has 1 amide bonds. The molecular formula is C22H17Cl2N3O3S. The zero-order chi connectivity index (χ0) is 22.2. The maximum atomic E-state index is 12.4. The van der Waals surface area contributed by atoms with E-state index in [1.54, 1.807) is 42.5 Å². The average molecular weight is 474 g/mol. The van der Waals surface area contributed by atoms with Gasteiger partial charge in [-0.15, -0.1) is 16.6 Å². The van der Waals surface area contributed by atoms with Gasteiger partial charge < -0.3 is 14.8 Å². The van der Waals surface area contributed by atoms with Crippen LogP contribution in [0.3, 0.4) is 0 Å². The predicted molar refractivity (Wildman–Crippen MR) is 125 cm³/mol. The van der Waals surface area contributed by atoms with Gasteiger partial charge in [-0.3, -0.25) is 4.79 Å². The van der Waals surface area contributed by atoms with Crippen LogP contribution in [0, 0.1) is 12.3 Å². The first-order valence-electron chi connectivity index (χ1n) is 9.11. The zero-order valence-electron chi connectivity index (χ0n) is 16.4. The fourth-order valence-electron chi connectivity index (χ4n) is 2.46. The number of benzene rings is 2. The first-order valence-corrected chi connectivity index (χ1v) is 10.7. The molecule has 0 unspecified atom stereocenters. The Bertz CT molecular complexity index is 1140. The molecule has 2 aromatic carbocycles. The predicted octanol–water partition coefficient (Wildman–Crippen LogP) is 5.59. The molecule has 9 heteroatoms. The minimum Gasteiger partial charge on any atom is -0.490 e. The third kappa shape index (κ3) is 6.22. The lowest BCUT2D eigenvalue weighted by molar-refractivity contribution is 0.102. The van der Waals surface area contributed by atoms with Gasteiger partial charge >= 0.3 is 0 Å². The van der Waals surface area contributed by atoms with Gasteiger partial charge in [0.25, 0.3) is 5.91 Å². The summed E-state index contributed by atoms with van der Waals surface area (Å²) in [6.45, 7) is 2.48. The second kappa shape index (κ2) is 10.8. The Labute approximate surface area is 193 Å². The van der Waals surface area contributed by atoms with E-state index in [9.17, 15) is 4.79 Å². The van der Waals surface area contributed by atoms with Crippen LogP contribution in [-0.2, 0) is 0 Å². The van der Waals surface area contributed by atoms with Crippen molar-refractivity contribution in [2.45, 2.75) is 6.92 Å². The fraction of sp³-hybridized carbons (Fsp3) is 0.136. The van der Waals surface area contributed by atoms with E-state index in [1.807, 2.05) is 13.0 Å². The number of nitrogens with one attached hydrogen (secondary N) is 1. The van der Waals surface area contributed by atoms with Crippen LogP contribution in [0.1, 0.15) is 27.3 Å². The molecule has 0 aliphatic heterocycles. The number of anilines is 1. The lowest BCUT2D eigenvalue weighted by Crippen LogP contribution is -2.11. The van der Waals surface area contributed by atoms with Crippen LogP contribution < -0.4 is 14.8 Å². The summed E-state index contributed by atoms with van der Waals surface area (Å²) in [6.07, 6.45) is 6.95. The number of rotatable bonds is 8. The Morgan fingerprint density at radius 1 is 1.16 bits per heavy atom. The topological polar surface area (TPSA) is 73.3 Å². The monoisotopic (exact) mass is 473 g/mol. The molecule has 158 valence electrons. The van der Waals surface area contributed by atoms with Crippen LogP contribution in [0.25, 0.3) is 11.1 Å². The van der Waals surface area contributed by atoms with Crippen molar-refractivity contribution in [1.82, 2.24) is 10.2 Å². The van der Waals surface area contributed by atoms with E-state index in [0.717, 1.165) is 16.9 Å². The summed E-state index contributed by atoms with van der Waals surface area (Å²) in [5.41, 5.74) is 1.37. The largest absolute Gasteiger partial charge is 0.490 e. The molecule has 3 aromatic rings. The van der Waals surface area contributed by atoms with E-state index in [4.69, 9.17) is 39.1 Å². The highest BCUT2D eigenvalue weighted by molar-refractivity contribution is 7.15. The molecule has 0 spiro atoms. The molecule has 0 saturated carbocycles. The summed E-state index contributed by atoms with van der Waals surface area (Å²) in [5.74, 6) is 3.13. The molecular weight excluding hydrogens is 457 g/mol. The number of nitrogens with zero attached hydrogens (tertiary/aromatic N) is 2. The third-order valence-electron chi connectivity index (χ3n) is 3.80. The minimum absolute atomic E-state index is 0.141. The van der Waals surface area contributed by atoms with Crippen molar-refractivity contribution in [2.75, 3.05) is 18.5 Å². The van der Waals surface area contributed by atoms with Crippen LogP contribution in [0.2, 0.25) is 5.02 Å². The summed E-state index contributed by atoms with van der Waals surface area (Å²) < 4.78 is 11.1. The normalized spacial score (nSPS) is 11.0. The maximum Gasteiger partial charge on any atom is 0.286 e. The smallest absolute Gasteiger partial charge is 0.286 e. The summed E-state index contributed by atoms with van der Waals surface area (Å²) in [7, 11) is 0. The Morgan fingerprint density at radius 3 is 2.61 bits per heavy atom. The molecule has 1 heterocycles. The Balaban J connectivity index is 1.75. The quantitative estimate of drug-likeness (QED) is 0.431. The molecule has 1 N–H and O–H groups in total. The first-order chi connectivity index (χ1) is 15.0. The van der Waals surface area contributed by atoms with E-state index in [2.05, 4.69) is 21.4 Å². The van der Waals surface area contributed by atoms with Crippen LogP contribution in [0.15, 0.2) is 42.5 Å². The van der Waals surface area contributed by atoms with Gasteiger partial charge in [0.2, 0.25) is 5.01 Å². The van der Waals surface area contributed by atoms with E-state index in [-0.39, 0.29) is 17.5 Å². The second-order valence-corrected chi connectivity index (χ2v) is 7.82.